The Balaban J connectivity index is 1.93. The molecule has 2 aromatic rings. The molecular weight excluding hydrogens is 360 g/mol. The Morgan fingerprint density at radius 3 is 2.00 bits per heavy atom. The van der Waals surface area contributed by atoms with Crippen LogP contribution in [0.5, 0.6) is 0 Å². The number of methoxy groups -OCH3 is 1. The van der Waals surface area contributed by atoms with Crippen LogP contribution in [-0.2, 0) is 9.53 Å². The average Bonchev–Trinajstić information content (AvgIpc) is 2.93. The largest absolute Gasteiger partial charge is 0.465 e. The van der Waals surface area contributed by atoms with Crippen molar-refractivity contribution in [2.75, 3.05) is 12.4 Å². The van der Waals surface area contributed by atoms with Gasteiger partial charge in [0.1, 0.15) is 6.04 Å². The lowest BCUT2D eigenvalue weighted by Crippen LogP contribution is -2.50. The molecule has 0 radical (unpaired) electrons. The summed E-state index contributed by atoms with van der Waals surface area (Å²) in [5.74, 6) is -2.50. The van der Waals surface area contributed by atoms with Gasteiger partial charge < -0.3 is 10.1 Å². The Hall–Kier alpha value is -3.48. The normalized spacial score (nSPS) is 14.1. The molecule has 0 bridgehead atoms. The van der Waals surface area contributed by atoms with Gasteiger partial charge in [0.2, 0.25) is 5.91 Å². The van der Waals surface area contributed by atoms with Crippen LogP contribution in [0, 0.1) is 5.92 Å². The number of para-hydroxylation sites is 1. The molecule has 1 N–H and O–H groups in total. The molecule has 1 heterocycles. The highest BCUT2D eigenvalue weighted by molar-refractivity contribution is 6.23. The maximum absolute atomic E-state index is 13.0. The van der Waals surface area contributed by atoms with Crippen molar-refractivity contribution >= 4 is 29.4 Å². The molecule has 3 amide bonds. The Labute approximate surface area is 162 Å². The molecule has 1 aliphatic rings. The molecule has 3 rings (SSSR count). The Morgan fingerprint density at radius 1 is 0.929 bits per heavy atom. The van der Waals surface area contributed by atoms with Crippen molar-refractivity contribution in [2.24, 2.45) is 5.92 Å². The summed E-state index contributed by atoms with van der Waals surface area (Å²) in [6, 6.07) is 11.8. The molecule has 0 saturated carbocycles. The van der Waals surface area contributed by atoms with Crippen LogP contribution in [0.2, 0.25) is 0 Å². The van der Waals surface area contributed by atoms with Crippen molar-refractivity contribution in [3.63, 3.8) is 0 Å². The molecule has 0 unspecified atom stereocenters. The van der Waals surface area contributed by atoms with Crippen LogP contribution in [0.3, 0.4) is 0 Å². The number of anilines is 1. The van der Waals surface area contributed by atoms with Gasteiger partial charge in [-0.1, -0.05) is 38.1 Å². The van der Waals surface area contributed by atoms with Crippen LogP contribution in [0.25, 0.3) is 0 Å². The van der Waals surface area contributed by atoms with E-state index in [-0.39, 0.29) is 28.3 Å². The average molecular weight is 380 g/mol. The molecular formula is C21H20N2O5. The monoisotopic (exact) mass is 380 g/mol. The lowest BCUT2D eigenvalue weighted by molar-refractivity contribution is -0.121. The fraction of sp³-hybridized carbons (Fsp3) is 0.238. The molecule has 1 aliphatic heterocycles. The molecule has 0 aliphatic carbocycles. The van der Waals surface area contributed by atoms with Crippen LogP contribution in [0.15, 0.2) is 48.5 Å². The first-order valence-electron chi connectivity index (χ1n) is 8.82. The van der Waals surface area contributed by atoms with Crippen molar-refractivity contribution in [1.82, 2.24) is 4.90 Å². The van der Waals surface area contributed by atoms with Gasteiger partial charge in [-0.05, 0) is 30.2 Å². The Kier molecular flexibility index (Phi) is 5.26. The minimum atomic E-state index is -1.03. The van der Waals surface area contributed by atoms with Crippen molar-refractivity contribution in [2.45, 2.75) is 19.9 Å². The molecule has 2 aromatic carbocycles. The zero-order chi connectivity index (χ0) is 20.4. The van der Waals surface area contributed by atoms with E-state index in [1.54, 1.807) is 56.3 Å². The van der Waals surface area contributed by atoms with Crippen molar-refractivity contribution in [3.8, 4) is 0 Å². The van der Waals surface area contributed by atoms with E-state index in [2.05, 4.69) is 5.32 Å². The zero-order valence-electron chi connectivity index (χ0n) is 15.8. The maximum atomic E-state index is 13.0. The number of carbonyl (C=O) groups is 4. The van der Waals surface area contributed by atoms with E-state index in [0.29, 0.717) is 0 Å². The minimum Gasteiger partial charge on any atom is -0.465 e. The quantitative estimate of drug-likeness (QED) is 0.636. The van der Waals surface area contributed by atoms with E-state index in [1.807, 2.05) is 0 Å². The number of imide groups is 1. The molecule has 28 heavy (non-hydrogen) atoms. The predicted octanol–water partition coefficient (Wildman–Crippen LogP) is 2.73. The maximum Gasteiger partial charge on any atom is 0.339 e. The second-order valence-electron chi connectivity index (χ2n) is 6.74. The lowest BCUT2D eigenvalue weighted by Gasteiger charge is -2.28. The molecule has 0 fully saturated rings. The number of nitrogens with zero attached hydrogens (tertiary/aromatic N) is 1. The standard InChI is InChI=1S/C21H20N2O5/c1-12(2)17(23-19(25)13-8-4-5-9-14(13)20(23)26)18(24)22-16-11-7-6-10-15(16)21(27)28-3/h4-12,17H,1-3H3,(H,22,24)/t17-/m1/s1. The SMILES string of the molecule is COC(=O)c1ccccc1NC(=O)[C@@H](C(C)C)N1C(=O)c2ccccc2C1=O. The number of esters is 1. The third-order valence-corrected chi connectivity index (χ3v) is 4.59. The summed E-state index contributed by atoms with van der Waals surface area (Å²) in [5, 5.41) is 2.67. The Bertz CT molecular complexity index is 932. The van der Waals surface area contributed by atoms with Gasteiger partial charge >= 0.3 is 5.97 Å². The van der Waals surface area contributed by atoms with Gasteiger partial charge in [0.15, 0.2) is 0 Å². The van der Waals surface area contributed by atoms with Gasteiger partial charge in [-0.15, -0.1) is 0 Å². The number of amides is 3. The smallest absolute Gasteiger partial charge is 0.339 e. The summed E-state index contributed by atoms with van der Waals surface area (Å²) in [4.78, 5) is 51.5. The summed E-state index contributed by atoms with van der Waals surface area (Å²) in [6.45, 7) is 3.50. The molecule has 7 nitrogen and oxygen atoms in total. The van der Waals surface area contributed by atoms with Crippen LogP contribution in [0.4, 0.5) is 5.69 Å². The number of benzene rings is 2. The minimum absolute atomic E-state index is 0.184. The summed E-state index contributed by atoms with van der Waals surface area (Å²) < 4.78 is 4.73. The summed E-state index contributed by atoms with van der Waals surface area (Å²) in [7, 11) is 1.25. The lowest BCUT2D eigenvalue weighted by atomic mass is 10.0. The number of hydrogen-bond acceptors (Lipinski definition) is 5. The number of ether oxygens (including phenoxy) is 1. The van der Waals surface area contributed by atoms with E-state index in [0.717, 1.165) is 4.90 Å². The first-order chi connectivity index (χ1) is 13.4. The number of rotatable bonds is 5. The Morgan fingerprint density at radius 2 is 1.46 bits per heavy atom. The topological polar surface area (TPSA) is 92.8 Å². The van der Waals surface area contributed by atoms with Gasteiger partial charge in [-0.2, -0.15) is 0 Å². The third kappa shape index (κ3) is 3.26. The summed E-state index contributed by atoms with van der Waals surface area (Å²) in [5.41, 5.74) is 0.992. The van der Waals surface area contributed by atoms with E-state index < -0.39 is 29.7 Å². The number of carbonyl (C=O) groups excluding carboxylic acids is 4. The molecule has 7 heteroatoms. The summed E-state index contributed by atoms with van der Waals surface area (Å²) in [6.07, 6.45) is 0. The van der Waals surface area contributed by atoms with Crippen molar-refractivity contribution in [1.29, 1.82) is 0 Å². The highest BCUT2D eigenvalue weighted by Gasteiger charge is 2.44. The molecule has 0 aromatic heterocycles. The van der Waals surface area contributed by atoms with Gasteiger partial charge in [0.25, 0.3) is 11.8 Å². The van der Waals surface area contributed by atoms with Crippen LogP contribution in [-0.4, -0.2) is 41.7 Å². The molecule has 1 atom stereocenters. The van der Waals surface area contributed by atoms with Crippen molar-refractivity contribution in [3.05, 3.63) is 65.2 Å². The second-order valence-corrected chi connectivity index (χ2v) is 6.74. The number of nitrogens with one attached hydrogen (secondary N) is 1. The second kappa shape index (κ2) is 7.64. The van der Waals surface area contributed by atoms with E-state index in [9.17, 15) is 19.2 Å². The fourth-order valence-electron chi connectivity index (χ4n) is 3.27. The van der Waals surface area contributed by atoms with Gasteiger partial charge in [-0.25, -0.2) is 4.79 Å². The number of fused-ring (bicyclic) bond motifs is 1. The van der Waals surface area contributed by atoms with Gasteiger partial charge in [-0.3, -0.25) is 19.3 Å². The van der Waals surface area contributed by atoms with E-state index in [1.165, 1.54) is 13.2 Å². The van der Waals surface area contributed by atoms with E-state index >= 15 is 0 Å². The summed E-state index contributed by atoms with van der Waals surface area (Å²) >= 11 is 0. The molecule has 0 spiro atoms. The van der Waals surface area contributed by atoms with E-state index in [4.69, 9.17) is 4.74 Å². The first kappa shape index (κ1) is 19.3. The van der Waals surface area contributed by atoms with Crippen molar-refractivity contribution < 1.29 is 23.9 Å². The molecule has 144 valence electrons. The highest BCUT2D eigenvalue weighted by atomic mass is 16.5. The fourth-order valence-corrected chi connectivity index (χ4v) is 3.27. The third-order valence-electron chi connectivity index (χ3n) is 4.59. The van der Waals surface area contributed by atoms with Crippen LogP contribution in [0.1, 0.15) is 44.9 Å². The zero-order valence-corrected chi connectivity index (χ0v) is 15.8. The highest BCUT2D eigenvalue weighted by Crippen LogP contribution is 2.28. The van der Waals surface area contributed by atoms with Gasteiger partial charge in [0.05, 0.1) is 29.5 Å². The van der Waals surface area contributed by atoms with Crippen LogP contribution < -0.4 is 5.32 Å². The van der Waals surface area contributed by atoms with Gasteiger partial charge in [0, 0.05) is 0 Å². The predicted molar refractivity (Wildman–Crippen MR) is 102 cm³/mol. The number of hydrogen-bond donors (Lipinski definition) is 1. The van der Waals surface area contributed by atoms with Crippen LogP contribution >= 0.6 is 0 Å². The first-order valence-corrected chi connectivity index (χ1v) is 8.82. The molecule has 0 saturated heterocycles.